The first-order valence-corrected chi connectivity index (χ1v) is 6.43. The summed E-state index contributed by atoms with van der Waals surface area (Å²) in [6, 6.07) is 5.19. The topological polar surface area (TPSA) is 61.8 Å². The maximum Gasteiger partial charge on any atom is 0.249 e. The number of halogens is 2. The zero-order valence-electron chi connectivity index (χ0n) is 10.5. The molecular weight excluding hydrogens is 346 g/mol. The van der Waals surface area contributed by atoms with Gasteiger partial charge in [-0.05, 0) is 24.1 Å². The van der Waals surface area contributed by atoms with E-state index in [1.54, 1.807) is 12.4 Å². The van der Waals surface area contributed by atoms with Crippen molar-refractivity contribution in [3.63, 3.8) is 0 Å². The van der Waals surface area contributed by atoms with Gasteiger partial charge in [-0.15, -0.1) is 17.0 Å². The molecule has 1 N–H and O–H groups in total. The van der Waals surface area contributed by atoms with Crippen molar-refractivity contribution in [2.24, 2.45) is 4.99 Å². The maximum absolute atomic E-state index is 11.8. The van der Waals surface area contributed by atoms with Crippen LogP contribution in [0.2, 0.25) is 5.02 Å². The third-order valence-electron chi connectivity index (χ3n) is 3.36. The predicted octanol–water partition coefficient (Wildman–Crippen LogP) is 2.20. The number of rotatable bonds is 1. The Labute approximate surface area is 131 Å². The van der Waals surface area contributed by atoms with Gasteiger partial charge in [0, 0.05) is 18.0 Å². The number of hydrogen-bond donors (Lipinski definition) is 1. The molecule has 0 aromatic heterocycles. The van der Waals surface area contributed by atoms with Crippen molar-refractivity contribution < 1.29 is 9.59 Å². The molecule has 5 nitrogen and oxygen atoms in total. The molecule has 0 spiro atoms. The Hall–Kier alpha value is -1.40. The van der Waals surface area contributed by atoms with Crippen LogP contribution in [0.4, 0.5) is 5.69 Å². The normalized spacial score (nSPS) is 21.1. The Bertz CT molecular complexity index is 591. The fourth-order valence-electron chi connectivity index (χ4n) is 2.35. The molecule has 0 saturated carbocycles. The van der Waals surface area contributed by atoms with Crippen LogP contribution in [0.25, 0.3) is 0 Å². The summed E-state index contributed by atoms with van der Waals surface area (Å²) >= 11 is 5.91. The highest BCUT2D eigenvalue weighted by molar-refractivity contribution is 8.93. The molecule has 1 atom stereocenters. The van der Waals surface area contributed by atoms with Crippen molar-refractivity contribution >= 4 is 52.4 Å². The predicted molar refractivity (Wildman–Crippen MR) is 81.6 cm³/mol. The Morgan fingerprint density at radius 3 is 2.90 bits per heavy atom. The molecule has 1 aromatic rings. The van der Waals surface area contributed by atoms with Crippen molar-refractivity contribution in [1.82, 2.24) is 10.2 Å². The summed E-state index contributed by atoms with van der Waals surface area (Å²) in [6.07, 6.45) is 2.55. The lowest BCUT2D eigenvalue weighted by molar-refractivity contribution is -0.136. The average molecular weight is 359 g/mol. The van der Waals surface area contributed by atoms with Gasteiger partial charge in [-0.2, -0.15) is 0 Å². The van der Waals surface area contributed by atoms with Crippen molar-refractivity contribution in [3.05, 3.63) is 28.8 Å². The van der Waals surface area contributed by atoms with Crippen molar-refractivity contribution in [2.45, 2.75) is 25.4 Å². The first kappa shape index (κ1) is 15.0. The second-order valence-electron chi connectivity index (χ2n) is 4.66. The summed E-state index contributed by atoms with van der Waals surface area (Å²) in [7, 11) is 0. The molecule has 0 aliphatic carbocycles. The van der Waals surface area contributed by atoms with E-state index in [4.69, 9.17) is 11.6 Å². The Balaban J connectivity index is 0.00000147. The summed E-state index contributed by atoms with van der Waals surface area (Å²) in [5, 5.41) is 3.00. The first-order chi connectivity index (χ1) is 9.13. The Morgan fingerprint density at radius 2 is 2.15 bits per heavy atom. The van der Waals surface area contributed by atoms with E-state index in [0.717, 1.165) is 11.3 Å². The fourth-order valence-corrected chi connectivity index (χ4v) is 2.52. The molecule has 20 heavy (non-hydrogen) atoms. The van der Waals surface area contributed by atoms with Gasteiger partial charge < -0.3 is 4.90 Å². The van der Waals surface area contributed by atoms with E-state index < -0.39 is 0 Å². The monoisotopic (exact) mass is 357 g/mol. The number of fused-ring (bicyclic) bond motifs is 1. The summed E-state index contributed by atoms with van der Waals surface area (Å²) in [4.78, 5) is 29.1. The van der Waals surface area contributed by atoms with Crippen molar-refractivity contribution in [3.8, 4) is 0 Å². The highest BCUT2D eigenvalue weighted by Crippen LogP contribution is 2.29. The number of imide groups is 1. The van der Waals surface area contributed by atoms with Gasteiger partial charge in [0.05, 0.1) is 12.0 Å². The van der Waals surface area contributed by atoms with Gasteiger partial charge in [0.1, 0.15) is 6.04 Å². The number of amides is 2. The Morgan fingerprint density at radius 1 is 1.35 bits per heavy atom. The number of carbonyl (C=O) groups is 2. The van der Waals surface area contributed by atoms with Gasteiger partial charge in [-0.1, -0.05) is 17.7 Å². The van der Waals surface area contributed by atoms with E-state index in [1.807, 2.05) is 17.0 Å². The number of benzene rings is 1. The third-order valence-corrected chi connectivity index (χ3v) is 3.59. The van der Waals surface area contributed by atoms with E-state index in [0.29, 0.717) is 24.4 Å². The molecule has 106 valence electrons. The maximum atomic E-state index is 11.8. The molecule has 2 aliphatic heterocycles. The lowest BCUT2D eigenvalue weighted by Crippen LogP contribution is -2.52. The fraction of sp³-hybridized carbons (Fsp3) is 0.308. The van der Waals surface area contributed by atoms with Crippen LogP contribution in [-0.2, 0) is 16.1 Å². The molecule has 2 heterocycles. The van der Waals surface area contributed by atoms with Gasteiger partial charge >= 0.3 is 0 Å². The summed E-state index contributed by atoms with van der Waals surface area (Å²) in [5.74, 6) is -0.456. The standard InChI is InChI=1S/C13H12ClN3O2.BrH/c14-9-2-1-8-6-17(7-15-10(8)5-9)11-3-4-12(18)16-13(11)19;/h1-2,5,7,11H,3-4,6H2,(H,16,18,19);1H. The number of piperidine rings is 1. The summed E-state index contributed by atoms with van der Waals surface area (Å²) in [6.45, 7) is 0.599. The zero-order valence-corrected chi connectivity index (χ0v) is 13.0. The van der Waals surface area contributed by atoms with Crippen molar-refractivity contribution in [2.75, 3.05) is 0 Å². The van der Waals surface area contributed by atoms with Gasteiger partial charge in [0.2, 0.25) is 11.8 Å². The molecule has 1 fully saturated rings. The second kappa shape index (κ2) is 5.93. The summed E-state index contributed by atoms with van der Waals surface area (Å²) < 4.78 is 0. The largest absolute Gasteiger partial charge is 0.346 e. The average Bonchev–Trinajstić information content (AvgIpc) is 2.38. The quantitative estimate of drug-likeness (QED) is 0.783. The molecule has 2 amide bonds. The van der Waals surface area contributed by atoms with Crippen molar-refractivity contribution in [1.29, 1.82) is 0 Å². The van der Waals surface area contributed by atoms with Crippen LogP contribution in [0.3, 0.4) is 0 Å². The van der Waals surface area contributed by atoms with Gasteiger partial charge in [0.15, 0.2) is 0 Å². The van der Waals surface area contributed by atoms with Crippen LogP contribution in [0.1, 0.15) is 18.4 Å². The van der Waals surface area contributed by atoms with E-state index in [9.17, 15) is 9.59 Å². The lowest BCUT2D eigenvalue weighted by atomic mass is 10.0. The minimum absolute atomic E-state index is 0. The number of hydrogen-bond acceptors (Lipinski definition) is 4. The van der Waals surface area contributed by atoms with E-state index in [1.165, 1.54) is 0 Å². The first-order valence-electron chi connectivity index (χ1n) is 6.05. The SMILES string of the molecule is Br.O=C1CCC(N2C=Nc3cc(Cl)ccc3C2)C(=O)N1. The van der Waals surface area contributed by atoms with Crippen LogP contribution < -0.4 is 5.32 Å². The smallest absolute Gasteiger partial charge is 0.249 e. The van der Waals surface area contributed by atoms with Crippen LogP contribution in [-0.4, -0.2) is 29.1 Å². The lowest BCUT2D eigenvalue weighted by Gasteiger charge is -2.33. The molecule has 2 aliphatic rings. The van der Waals surface area contributed by atoms with Crippen LogP contribution in [0.15, 0.2) is 23.2 Å². The number of aliphatic imine (C=N–C) groups is 1. The minimum atomic E-state index is -0.328. The van der Waals surface area contributed by atoms with E-state index >= 15 is 0 Å². The minimum Gasteiger partial charge on any atom is -0.346 e. The molecular formula is C13H13BrClN3O2. The van der Waals surface area contributed by atoms with E-state index in [2.05, 4.69) is 10.3 Å². The van der Waals surface area contributed by atoms with Gasteiger partial charge in [0.25, 0.3) is 0 Å². The highest BCUT2D eigenvalue weighted by Gasteiger charge is 2.31. The molecule has 0 radical (unpaired) electrons. The van der Waals surface area contributed by atoms with Crippen LogP contribution >= 0.6 is 28.6 Å². The molecule has 7 heteroatoms. The number of nitrogens with one attached hydrogen (secondary N) is 1. The van der Waals surface area contributed by atoms with Crippen LogP contribution in [0.5, 0.6) is 0 Å². The van der Waals surface area contributed by atoms with Crippen LogP contribution in [0, 0.1) is 0 Å². The number of nitrogens with zero attached hydrogens (tertiary/aromatic N) is 2. The second-order valence-corrected chi connectivity index (χ2v) is 5.09. The van der Waals surface area contributed by atoms with Gasteiger partial charge in [-0.25, -0.2) is 4.99 Å². The molecule has 3 rings (SSSR count). The molecule has 1 aromatic carbocycles. The molecule has 1 unspecified atom stereocenters. The summed E-state index contributed by atoms with van der Waals surface area (Å²) in [5.41, 5.74) is 1.85. The zero-order chi connectivity index (χ0) is 13.4. The highest BCUT2D eigenvalue weighted by atomic mass is 79.9. The Kier molecular flexibility index (Phi) is 4.45. The molecule has 1 saturated heterocycles. The van der Waals surface area contributed by atoms with Gasteiger partial charge in [-0.3, -0.25) is 14.9 Å². The number of carbonyl (C=O) groups excluding carboxylic acids is 2. The third kappa shape index (κ3) is 2.86. The molecule has 0 bridgehead atoms. The van der Waals surface area contributed by atoms with E-state index in [-0.39, 0.29) is 34.8 Å².